The molecule has 1 saturated carbocycles. The van der Waals surface area contributed by atoms with Crippen molar-refractivity contribution in [2.75, 3.05) is 30.4 Å². The highest BCUT2D eigenvalue weighted by Crippen LogP contribution is 2.27. The van der Waals surface area contributed by atoms with Crippen LogP contribution in [0.15, 0.2) is 47.5 Å². The number of aromatic nitrogens is 1. The molecular formula is C25H33N5O4S. The van der Waals surface area contributed by atoms with Gasteiger partial charge in [-0.15, -0.1) is 0 Å². The number of pyridine rings is 1. The lowest BCUT2D eigenvalue weighted by atomic mass is 9.96. The molecule has 2 aliphatic rings. The number of nitrogens with one attached hydrogen (secondary N) is 1. The van der Waals surface area contributed by atoms with E-state index >= 15 is 0 Å². The van der Waals surface area contributed by atoms with Gasteiger partial charge in [-0.05, 0) is 56.0 Å². The van der Waals surface area contributed by atoms with Crippen molar-refractivity contribution in [1.82, 2.24) is 9.29 Å². The van der Waals surface area contributed by atoms with E-state index in [-0.39, 0.29) is 28.3 Å². The molecule has 0 bridgehead atoms. The van der Waals surface area contributed by atoms with Crippen LogP contribution in [-0.2, 0) is 14.8 Å². The first-order valence-electron chi connectivity index (χ1n) is 12.2. The van der Waals surface area contributed by atoms with Gasteiger partial charge in [-0.2, -0.15) is 4.31 Å². The van der Waals surface area contributed by atoms with Crippen molar-refractivity contribution in [2.24, 2.45) is 11.7 Å². The van der Waals surface area contributed by atoms with Gasteiger partial charge in [-0.3, -0.25) is 9.59 Å². The Hall–Kier alpha value is -2.98. The standard InChI is InChI=1S/C25H33N5O4S/c1-29(21-9-3-2-4-10-21)35(33,34)22-11-5-7-18(15-22)25(32)28-20-12-13-23(27-16-20)30-14-6-8-19(17-30)24(26)31/h5,7,11-13,15-16,19,21H,2-4,6,8-10,14,17H2,1H3,(H2,26,31)(H,28,32). The summed E-state index contributed by atoms with van der Waals surface area (Å²) >= 11 is 0. The zero-order valence-electron chi connectivity index (χ0n) is 20.0. The van der Waals surface area contributed by atoms with Crippen molar-refractivity contribution in [3.05, 3.63) is 48.2 Å². The Morgan fingerprint density at radius 1 is 1.09 bits per heavy atom. The van der Waals surface area contributed by atoms with Gasteiger partial charge < -0.3 is 16.0 Å². The van der Waals surface area contributed by atoms with E-state index in [1.54, 1.807) is 37.5 Å². The zero-order valence-corrected chi connectivity index (χ0v) is 20.8. The van der Waals surface area contributed by atoms with Crippen molar-refractivity contribution >= 4 is 33.3 Å². The molecule has 2 heterocycles. The highest BCUT2D eigenvalue weighted by molar-refractivity contribution is 7.89. The van der Waals surface area contributed by atoms with Crippen LogP contribution in [0.3, 0.4) is 0 Å². The van der Waals surface area contributed by atoms with E-state index in [1.165, 1.54) is 16.4 Å². The molecule has 2 aromatic rings. The molecule has 10 heteroatoms. The van der Waals surface area contributed by atoms with Gasteiger partial charge in [0.05, 0.1) is 22.7 Å². The van der Waals surface area contributed by atoms with Gasteiger partial charge in [-0.1, -0.05) is 25.3 Å². The first-order valence-corrected chi connectivity index (χ1v) is 13.6. The number of nitrogens with zero attached hydrogens (tertiary/aromatic N) is 3. The molecule has 35 heavy (non-hydrogen) atoms. The third-order valence-electron chi connectivity index (χ3n) is 7.02. The number of amides is 2. The molecule has 1 aliphatic carbocycles. The fourth-order valence-electron chi connectivity index (χ4n) is 4.87. The summed E-state index contributed by atoms with van der Waals surface area (Å²) in [6.07, 6.45) is 8.13. The van der Waals surface area contributed by atoms with Crippen LogP contribution in [0.4, 0.5) is 11.5 Å². The van der Waals surface area contributed by atoms with E-state index in [9.17, 15) is 18.0 Å². The summed E-state index contributed by atoms with van der Waals surface area (Å²) in [5.41, 5.74) is 6.21. The number of carbonyl (C=O) groups excluding carboxylic acids is 2. The van der Waals surface area contributed by atoms with E-state index in [4.69, 9.17) is 5.73 Å². The van der Waals surface area contributed by atoms with E-state index in [1.807, 2.05) is 4.90 Å². The molecule has 1 aromatic heterocycles. The average molecular weight is 500 g/mol. The van der Waals surface area contributed by atoms with Crippen LogP contribution in [0, 0.1) is 5.92 Å². The quantitative estimate of drug-likeness (QED) is 0.603. The summed E-state index contributed by atoms with van der Waals surface area (Å²) in [7, 11) is -2.07. The van der Waals surface area contributed by atoms with Crippen LogP contribution in [0.25, 0.3) is 0 Å². The van der Waals surface area contributed by atoms with Gasteiger partial charge in [0, 0.05) is 31.7 Å². The lowest BCUT2D eigenvalue weighted by Crippen LogP contribution is -2.41. The van der Waals surface area contributed by atoms with Gasteiger partial charge in [0.15, 0.2) is 0 Å². The summed E-state index contributed by atoms with van der Waals surface area (Å²) in [4.78, 5) is 31.0. The van der Waals surface area contributed by atoms with Gasteiger partial charge in [0.25, 0.3) is 5.91 Å². The number of nitrogens with two attached hydrogens (primary N) is 1. The largest absolute Gasteiger partial charge is 0.369 e. The van der Waals surface area contributed by atoms with Gasteiger partial charge in [0.1, 0.15) is 5.82 Å². The fraction of sp³-hybridized carbons (Fsp3) is 0.480. The number of benzene rings is 1. The zero-order chi connectivity index (χ0) is 25.0. The van der Waals surface area contributed by atoms with E-state index < -0.39 is 15.9 Å². The molecule has 2 amide bonds. The summed E-state index contributed by atoms with van der Waals surface area (Å²) in [5.74, 6) is -0.185. The topological polar surface area (TPSA) is 126 Å². The van der Waals surface area contributed by atoms with Crippen molar-refractivity contribution in [3.8, 4) is 0 Å². The highest BCUT2D eigenvalue weighted by Gasteiger charge is 2.29. The molecule has 3 N–H and O–H groups in total. The lowest BCUT2D eigenvalue weighted by molar-refractivity contribution is -0.122. The molecule has 0 radical (unpaired) electrons. The van der Waals surface area contributed by atoms with Crippen LogP contribution >= 0.6 is 0 Å². The normalized spacial score (nSPS) is 19.5. The third-order valence-corrected chi connectivity index (χ3v) is 8.92. The van der Waals surface area contributed by atoms with Gasteiger partial charge >= 0.3 is 0 Å². The molecular weight excluding hydrogens is 466 g/mol. The number of piperidine rings is 1. The Morgan fingerprint density at radius 3 is 2.54 bits per heavy atom. The van der Waals surface area contributed by atoms with Crippen molar-refractivity contribution < 1.29 is 18.0 Å². The number of anilines is 2. The monoisotopic (exact) mass is 499 g/mol. The summed E-state index contributed by atoms with van der Waals surface area (Å²) < 4.78 is 27.8. The summed E-state index contributed by atoms with van der Waals surface area (Å²) in [6.45, 7) is 1.32. The number of carbonyl (C=O) groups is 2. The number of hydrogen-bond acceptors (Lipinski definition) is 6. The predicted octanol–water partition coefficient (Wildman–Crippen LogP) is 2.99. The molecule has 1 atom stereocenters. The number of rotatable bonds is 7. The second kappa shape index (κ2) is 10.7. The number of sulfonamides is 1. The number of primary amides is 1. The van der Waals surface area contributed by atoms with Gasteiger partial charge in [0.2, 0.25) is 15.9 Å². The molecule has 9 nitrogen and oxygen atoms in total. The molecule has 1 aliphatic heterocycles. The minimum atomic E-state index is -3.69. The Morgan fingerprint density at radius 2 is 1.86 bits per heavy atom. The first kappa shape index (κ1) is 25.1. The maximum absolute atomic E-state index is 13.2. The smallest absolute Gasteiger partial charge is 0.255 e. The Balaban J connectivity index is 1.43. The fourth-order valence-corrected chi connectivity index (χ4v) is 6.34. The van der Waals surface area contributed by atoms with Crippen LogP contribution in [0.2, 0.25) is 0 Å². The minimum Gasteiger partial charge on any atom is -0.369 e. The van der Waals surface area contributed by atoms with Crippen LogP contribution in [0.1, 0.15) is 55.3 Å². The molecule has 1 unspecified atom stereocenters. The molecule has 1 aromatic carbocycles. The second-order valence-electron chi connectivity index (χ2n) is 9.39. The molecule has 2 fully saturated rings. The molecule has 188 valence electrons. The average Bonchev–Trinajstić information content (AvgIpc) is 2.89. The Bertz CT molecular complexity index is 1160. The van der Waals surface area contributed by atoms with Crippen LogP contribution in [-0.4, -0.2) is 55.7 Å². The minimum absolute atomic E-state index is 0.00558. The molecule has 1 saturated heterocycles. The van der Waals surface area contributed by atoms with Crippen molar-refractivity contribution in [1.29, 1.82) is 0 Å². The summed E-state index contributed by atoms with van der Waals surface area (Å²) in [5, 5.41) is 2.78. The maximum Gasteiger partial charge on any atom is 0.255 e. The van der Waals surface area contributed by atoms with Crippen LogP contribution in [0.5, 0.6) is 0 Å². The molecule has 0 spiro atoms. The predicted molar refractivity (Wildman–Crippen MR) is 135 cm³/mol. The molecule has 4 rings (SSSR count). The number of hydrogen-bond donors (Lipinski definition) is 2. The van der Waals surface area contributed by atoms with E-state index in [0.717, 1.165) is 51.5 Å². The summed E-state index contributed by atoms with van der Waals surface area (Å²) in [6, 6.07) is 9.65. The van der Waals surface area contributed by atoms with E-state index in [2.05, 4.69) is 10.3 Å². The van der Waals surface area contributed by atoms with Gasteiger partial charge in [-0.25, -0.2) is 13.4 Å². The maximum atomic E-state index is 13.2. The second-order valence-corrected chi connectivity index (χ2v) is 11.4. The third kappa shape index (κ3) is 5.82. The Kier molecular flexibility index (Phi) is 7.71. The van der Waals surface area contributed by atoms with E-state index in [0.29, 0.717) is 18.1 Å². The first-order chi connectivity index (χ1) is 16.8. The van der Waals surface area contributed by atoms with Crippen molar-refractivity contribution in [3.63, 3.8) is 0 Å². The SMILES string of the molecule is CN(C1CCCCC1)S(=O)(=O)c1cccc(C(=O)Nc2ccc(N3CCCC(C(N)=O)C3)nc2)c1. The van der Waals surface area contributed by atoms with Crippen molar-refractivity contribution in [2.45, 2.75) is 55.9 Å². The lowest BCUT2D eigenvalue weighted by Gasteiger charge is -2.32. The highest BCUT2D eigenvalue weighted by atomic mass is 32.2. The van der Waals surface area contributed by atoms with Crippen LogP contribution < -0.4 is 16.0 Å². The Labute approximate surface area is 206 Å².